The van der Waals surface area contributed by atoms with Crippen molar-refractivity contribution in [1.29, 1.82) is 0 Å². The van der Waals surface area contributed by atoms with Crippen LogP contribution in [0.15, 0.2) is 29.2 Å². The number of aryl methyl sites for hydroxylation is 1. The minimum Gasteiger partial charge on any atom is -0.335 e. The fourth-order valence-electron chi connectivity index (χ4n) is 4.15. The van der Waals surface area contributed by atoms with Crippen molar-refractivity contribution in [1.82, 2.24) is 10.0 Å². The Morgan fingerprint density at radius 1 is 1.17 bits per heavy atom. The molecule has 0 aromatic heterocycles. The second-order valence-electron chi connectivity index (χ2n) is 7.02. The number of carbonyl (C=O) groups excluding carboxylic acids is 1. The molecule has 2 aliphatic carbocycles. The van der Waals surface area contributed by atoms with Gasteiger partial charge in [0.05, 0.1) is 4.90 Å². The summed E-state index contributed by atoms with van der Waals surface area (Å²) in [5, 5.41) is 2.81. The van der Waals surface area contributed by atoms with Crippen LogP contribution >= 0.6 is 0 Å². The highest BCUT2D eigenvalue weighted by atomic mass is 32.2. The number of carbonyl (C=O) groups is 1. The molecule has 0 heterocycles. The highest BCUT2D eigenvalue weighted by Crippen LogP contribution is 2.49. The SMILES string of the molecule is Cc1ccc(S(=O)(=O)NC(=O)N[C@H](C)[C@H]2C[C@H]3CC[C@H]2C3)cc1. The Labute approximate surface area is 137 Å². The zero-order chi connectivity index (χ0) is 16.6. The second-order valence-corrected chi connectivity index (χ2v) is 8.70. The lowest BCUT2D eigenvalue weighted by Gasteiger charge is -2.28. The van der Waals surface area contributed by atoms with Crippen LogP contribution in [0.5, 0.6) is 0 Å². The normalized spacial score (nSPS) is 27.7. The first kappa shape index (κ1) is 16.3. The number of hydrogen-bond acceptors (Lipinski definition) is 3. The van der Waals surface area contributed by atoms with Crippen molar-refractivity contribution in [2.45, 2.75) is 50.5 Å². The van der Waals surface area contributed by atoms with Crippen LogP contribution in [0.4, 0.5) is 4.79 Å². The highest BCUT2D eigenvalue weighted by Gasteiger charge is 2.42. The molecule has 2 fully saturated rings. The molecule has 4 atom stereocenters. The maximum Gasteiger partial charge on any atom is 0.328 e. The quantitative estimate of drug-likeness (QED) is 0.888. The zero-order valence-corrected chi connectivity index (χ0v) is 14.4. The van der Waals surface area contributed by atoms with Gasteiger partial charge in [0.2, 0.25) is 0 Å². The van der Waals surface area contributed by atoms with E-state index in [9.17, 15) is 13.2 Å². The fourth-order valence-corrected chi connectivity index (χ4v) is 5.06. The summed E-state index contributed by atoms with van der Waals surface area (Å²) in [4.78, 5) is 12.2. The van der Waals surface area contributed by atoms with Gasteiger partial charge >= 0.3 is 6.03 Å². The molecule has 3 rings (SSSR count). The lowest BCUT2D eigenvalue weighted by atomic mass is 9.84. The Balaban J connectivity index is 1.59. The van der Waals surface area contributed by atoms with Crippen molar-refractivity contribution >= 4 is 16.1 Å². The van der Waals surface area contributed by atoms with E-state index in [0.717, 1.165) is 17.9 Å². The van der Waals surface area contributed by atoms with E-state index in [2.05, 4.69) is 10.0 Å². The van der Waals surface area contributed by atoms with Crippen LogP contribution in [0.3, 0.4) is 0 Å². The van der Waals surface area contributed by atoms with Gasteiger partial charge in [0, 0.05) is 6.04 Å². The molecule has 1 aromatic rings. The van der Waals surface area contributed by atoms with Crippen LogP contribution in [-0.4, -0.2) is 20.5 Å². The van der Waals surface area contributed by atoms with Gasteiger partial charge in [0.1, 0.15) is 0 Å². The molecule has 0 aliphatic heterocycles. The standard InChI is InChI=1S/C17H24N2O3S/c1-11-3-7-15(8-4-11)23(21,22)19-17(20)18-12(2)16-10-13-5-6-14(16)9-13/h3-4,7-8,12-14,16H,5-6,9-10H2,1-2H3,(H2,18,19,20)/t12-,13+,14+,16-/m1/s1. The molecule has 0 radical (unpaired) electrons. The van der Waals surface area contributed by atoms with Gasteiger partial charge in [-0.1, -0.05) is 24.1 Å². The summed E-state index contributed by atoms with van der Waals surface area (Å²) >= 11 is 0. The molecule has 1 aromatic carbocycles. The minimum atomic E-state index is -3.82. The van der Waals surface area contributed by atoms with Crippen LogP contribution in [0.25, 0.3) is 0 Å². The first-order chi connectivity index (χ1) is 10.8. The van der Waals surface area contributed by atoms with Gasteiger partial charge in [0.15, 0.2) is 0 Å². The van der Waals surface area contributed by atoms with Crippen molar-refractivity contribution in [2.24, 2.45) is 17.8 Å². The number of nitrogens with one attached hydrogen (secondary N) is 2. The van der Waals surface area contributed by atoms with Gasteiger partial charge in [-0.15, -0.1) is 0 Å². The van der Waals surface area contributed by atoms with Crippen LogP contribution in [0.2, 0.25) is 0 Å². The number of urea groups is 1. The molecular formula is C17H24N2O3S. The van der Waals surface area contributed by atoms with Crippen molar-refractivity contribution < 1.29 is 13.2 Å². The third-order valence-electron chi connectivity index (χ3n) is 5.35. The number of benzene rings is 1. The Hall–Kier alpha value is -1.56. The second kappa shape index (κ2) is 6.15. The predicted molar refractivity (Wildman–Crippen MR) is 88.4 cm³/mol. The van der Waals surface area contributed by atoms with E-state index in [1.54, 1.807) is 12.1 Å². The molecule has 0 unspecified atom stereocenters. The summed E-state index contributed by atoms with van der Waals surface area (Å²) in [6, 6.07) is 5.79. The Morgan fingerprint density at radius 3 is 2.43 bits per heavy atom. The van der Waals surface area contributed by atoms with Crippen LogP contribution in [0.1, 0.15) is 38.2 Å². The molecule has 6 heteroatoms. The molecule has 2 aliphatic rings. The third kappa shape index (κ3) is 3.52. The summed E-state index contributed by atoms with van der Waals surface area (Å²) in [6.45, 7) is 3.86. The van der Waals surface area contributed by atoms with E-state index < -0.39 is 16.1 Å². The van der Waals surface area contributed by atoms with E-state index >= 15 is 0 Å². The largest absolute Gasteiger partial charge is 0.335 e. The Bertz CT molecular complexity index is 684. The zero-order valence-electron chi connectivity index (χ0n) is 13.6. The average Bonchev–Trinajstić information content (AvgIpc) is 3.09. The number of sulfonamides is 1. The van der Waals surface area contributed by atoms with E-state index in [0.29, 0.717) is 11.8 Å². The van der Waals surface area contributed by atoms with Crippen molar-refractivity contribution in [3.63, 3.8) is 0 Å². The molecule has 0 saturated heterocycles. The Kier molecular flexibility index (Phi) is 4.36. The van der Waals surface area contributed by atoms with Gasteiger partial charge in [-0.25, -0.2) is 17.9 Å². The van der Waals surface area contributed by atoms with Gasteiger partial charge in [-0.05, 0) is 63.0 Å². The molecule has 2 amide bonds. The van der Waals surface area contributed by atoms with E-state index in [1.165, 1.54) is 31.4 Å². The fraction of sp³-hybridized carbons (Fsp3) is 0.588. The number of amides is 2. The molecular weight excluding hydrogens is 312 g/mol. The first-order valence-electron chi connectivity index (χ1n) is 8.25. The topological polar surface area (TPSA) is 75.3 Å². The average molecular weight is 336 g/mol. The van der Waals surface area contributed by atoms with Gasteiger partial charge in [-0.3, -0.25) is 0 Å². The summed E-state index contributed by atoms with van der Waals surface area (Å²) in [5.41, 5.74) is 0.971. The molecule has 2 saturated carbocycles. The smallest absolute Gasteiger partial charge is 0.328 e. The molecule has 2 N–H and O–H groups in total. The maximum atomic E-state index is 12.2. The van der Waals surface area contributed by atoms with E-state index in [-0.39, 0.29) is 10.9 Å². The lowest BCUT2D eigenvalue weighted by Crippen LogP contribution is -2.46. The van der Waals surface area contributed by atoms with Crippen molar-refractivity contribution in [3.05, 3.63) is 29.8 Å². The van der Waals surface area contributed by atoms with Gasteiger partial charge in [-0.2, -0.15) is 0 Å². The molecule has 126 valence electrons. The molecule has 0 spiro atoms. The third-order valence-corrected chi connectivity index (χ3v) is 6.70. The number of rotatable bonds is 4. The maximum absolute atomic E-state index is 12.2. The van der Waals surface area contributed by atoms with Gasteiger partial charge in [0.25, 0.3) is 10.0 Å². The van der Waals surface area contributed by atoms with Crippen LogP contribution in [0, 0.1) is 24.7 Å². The molecule has 2 bridgehead atoms. The van der Waals surface area contributed by atoms with E-state index in [4.69, 9.17) is 0 Å². The van der Waals surface area contributed by atoms with Gasteiger partial charge < -0.3 is 5.32 Å². The number of hydrogen-bond donors (Lipinski definition) is 2. The monoisotopic (exact) mass is 336 g/mol. The van der Waals surface area contributed by atoms with Crippen LogP contribution < -0.4 is 10.0 Å². The summed E-state index contributed by atoms with van der Waals surface area (Å²) < 4.78 is 26.5. The first-order valence-corrected chi connectivity index (χ1v) is 9.73. The highest BCUT2D eigenvalue weighted by molar-refractivity contribution is 7.90. The minimum absolute atomic E-state index is 0.00137. The predicted octanol–water partition coefficient (Wildman–Crippen LogP) is 2.81. The summed E-state index contributed by atoms with van der Waals surface area (Å²) in [5.74, 6) is 1.96. The molecule has 23 heavy (non-hydrogen) atoms. The summed E-state index contributed by atoms with van der Waals surface area (Å²) in [7, 11) is -3.82. The molecule has 5 nitrogen and oxygen atoms in total. The van der Waals surface area contributed by atoms with Crippen LogP contribution in [-0.2, 0) is 10.0 Å². The van der Waals surface area contributed by atoms with E-state index in [1.807, 2.05) is 13.8 Å². The van der Waals surface area contributed by atoms with Crippen molar-refractivity contribution in [3.8, 4) is 0 Å². The Morgan fingerprint density at radius 2 is 1.87 bits per heavy atom. The summed E-state index contributed by atoms with van der Waals surface area (Å²) in [6.07, 6.45) is 4.96. The number of fused-ring (bicyclic) bond motifs is 2. The van der Waals surface area contributed by atoms with Crippen molar-refractivity contribution in [2.75, 3.05) is 0 Å². The lowest BCUT2D eigenvalue weighted by molar-refractivity contribution is 0.224.